The van der Waals surface area contributed by atoms with Crippen LogP contribution in [0.25, 0.3) is 0 Å². The van der Waals surface area contributed by atoms with E-state index in [0.29, 0.717) is 18.7 Å². The van der Waals surface area contributed by atoms with Gasteiger partial charge in [0.25, 0.3) is 0 Å². The predicted octanol–water partition coefficient (Wildman–Crippen LogP) is 3.65. The minimum Gasteiger partial charge on any atom is -0.444 e. The van der Waals surface area contributed by atoms with Crippen LogP contribution in [0.2, 0.25) is 0 Å². The van der Waals surface area contributed by atoms with Crippen LogP contribution in [0.15, 0.2) is 22.7 Å². The van der Waals surface area contributed by atoms with Crippen LogP contribution in [0.4, 0.5) is 10.5 Å². The summed E-state index contributed by atoms with van der Waals surface area (Å²) in [5, 5.41) is 14.8. The molecule has 1 aromatic rings. The third-order valence-corrected chi connectivity index (χ3v) is 3.10. The Labute approximate surface area is 133 Å². The summed E-state index contributed by atoms with van der Waals surface area (Å²) in [6.07, 6.45) is 0.375. The second-order valence-corrected chi connectivity index (χ2v) is 6.37. The van der Waals surface area contributed by atoms with Gasteiger partial charge in [-0.1, -0.05) is 0 Å². The maximum atomic E-state index is 11.4. The molecule has 0 fully saturated rings. The first-order valence-corrected chi connectivity index (χ1v) is 7.51. The Morgan fingerprint density at radius 3 is 2.67 bits per heavy atom. The van der Waals surface area contributed by atoms with E-state index in [2.05, 4.69) is 32.6 Å². The van der Waals surface area contributed by atoms with E-state index < -0.39 is 11.7 Å². The number of anilines is 1. The van der Waals surface area contributed by atoms with Crippen molar-refractivity contribution in [3.8, 4) is 6.07 Å². The highest BCUT2D eigenvalue weighted by molar-refractivity contribution is 9.10. The van der Waals surface area contributed by atoms with Gasteiger partial charge in [-0.15, -0.1) is 0 Å². The summed E-state index contributed by atoms with van der Waals surface area (Å²) in [6.45, 7) is 6.75. The number of halogens is 1. The molecule has 0 spiro atoms. The summed E-state index contributed by atoms with van der Waals surface area (Å²) < 4.78 is 5.90. The molecular weight excluding hydrogens is 334 g/mol. The third kappa shape index (κ3) is 7.00. The van der Waals surface area contributed by atoms with Crippen molar-refractivity contribution in [2.75, 3.05) is 18.4 Å². The number of hydrogen-bond acceptors (Lipinski definition) is 4. The second-order valence-electron chi connectivity index (χ2n) is 5.52. The number of ether oxygens (including phenoxy) is 1. The van der Waals surface area contributed by atoms with Gasteiger partial charge in [0.05, 0.1) is 5.56 Å². The van der Waals surface area contributed by atoms with Gasteiger partial charge in [-0.05, 0) is 61.3 Å². The molecule has 6 heteroatoms. The van der Waals surface area contributed by atoms with Gasteiger partial charge >= 0.3 is 6.09 Å². The van der Waals surface area contributed by atoms with Gasteiger partial charge in [0.1, 0.15) is 11.7 Å². The summed E-state index contributed by atoms with van der Waals surface area (Å²) in [4.78, 5) is 11.4. The minimum absolute atomic E-state index is 0.399. The van der Waals surface area contributed by atoms with E-state index in [1.165, 1.54) is 0 Å². The van der Waals surface area contributed by atoms with E-state index in [4.69, 9.17) is 10.00 Å². The number of hydrogen-bond donors (Lipinski definition) is 2. The molecular formula is C15H20BrN3O2. The Kier molecular flexibility index (Phi) is 6.50. The highest BCUT2D eigenvalue weighted by Crippen LogP contribution is 2.20. The topological polar surface area (TPSA) is 74.2 Å². The molecule has 0 saturated heterocycles. The van der Waals surface area contributed by atoms with Gasteiger partial charge < -0.3 is 15.4 Å². The van der Waals surface area contributed by atoms with Gasteiger partial charge in [0.15, 0.2) is 0 Å². The predicted molar refractivity (Wildman–Crippen MR) is 86.2 cm³/mol. The molecule has 0 aliphatic carbocycles. The van der Waals surface area contributed by atoms with Crippen molar-refractivity contribution in [1.29, 1.82) is 5.26 Å². The van der Waals surface area contributed by atoms with Crippen LogP contribution in [0.1, 0.15) is 32.8 Å². The molecule has 0 aliphatic rings. The number of nitrogens with one attached hydrogen (secondary N) is 2. The molecule has 1 amide bonds. The molecule has 0 heterocycles. The molecule has 0 unspecified atom stereocenters. The number of rotatable bonds is 5. The van der Waals surface area contributed by atoms with E-state index >= 15 is 0 Å². The van der Waals surface area contributed by atoms with E-state index in [1.54, 1.807) is 6.07 Å². The largest absolute Gasteiger partial charge is 0.444 e. The number of nitrogens with zero attached hydrogens (tertiary/aromatic N) is 1. The van der Waals surface area contributed by atoms with Crippen LogP contribution in [-0.4, -0.2) is 24.8 Å². The Morgan fingerprint density at radius 1 is 1.38 bits per heavy atom. The zero-order chi connectivity index (χ0) is 15.9. The van der Waals surface area contributed by atoms with E-state index in [1.807, 2.05) is 32.9 Å². The lowest BCUT2D eigenvalue weighted by molar-refractivity contribution is 0.0528. The molecule has 1 rings (SSSR count). The first kappa shape index (κ1) is 17.3. The normalized spacial score (nSPS) is 10.6. The lowest BCUT2D eigenvalue weighted by atomic mass is 10.2. The smallest absolute Gasteiger partial charge is 0.407 e. The van der Waals surface area contributed by atoms with Crippen molar-refractivity contribution in [3.63, 3.8) is 0 Å². The summed E-state index contributed by atoms with van der Waals surface area (Å²) in [5.41, 5.74) is 1.06. The standard InChI is InChI=1S/C15H20BrN3O2/c1-15(2,3)21-14(20)19-8-4-7-18-12-6-5-11(10-17)13(16)9-12/h5-6,9,18H,4,7-8H2,1-3H3,(H,19,20). The van der Waals surface area contributed by atoms with Crippen molar-refractivity contribution in [3.05, 3.63) is 28.2 Å². The molecule has 21 heavy (non-hydrogen) atoms. The molecule has 0 atom stereocenters. The van der Waals surface area contributed by atoms with Gasteiger partial charge in [0, 0.05) is 23.2 Å². The molecule has 0 aromatic heterocycles. The first-order valence-electron chi connectivity index (χ1n) is 6.72. The summed E-state index contributed by atoms with van der Waals surface area (Å²) in [7, 11) is 0. The fourth-order valence-corrected chi connectivity index (χ4v) is 2.01. The van der Waals surface area contributed by atoms with Crippen LogP contribution in [0, 0.1) is 11.3 Å². The van der Waals surface area contributed by atoms with Gasteiger partial charge in [0.2, 0.25) is 0 Å². The number of alkyl carbamates (subject to hydrolysis) is 1. The summed E-state index contributed by atoms with van der Waals surface area (Å²) >= 11 is 3.34. The zero-order valence-corrected chi connectivity index (χ0v) is 14.1. The Morgan fingerprint density at radius 2 is 2.10 bits per heavy atom. The van der Waals surface area contributed by atoms with Crippen molar-refractivity contribution in [2.24, 2.45) is 0 Å². The summed E-state index contributed by atoms with van der Waals surface area (Å²) in [6, 6.07) is 7.56. The fraction of sp³-hybridized carbons (Fsp3) is 0.467. The van der Waals surface area contributed by atoms with Gasteiger partial charge in [-0.3, -0.25) is 0 Å². The molecule has 5 nitrogen and oxygen atoms in total. The number of benzene rings is 1. The Hall–Kier alpha value is -1.74. The van der Waals surface area contributed by atoms with Gasteiger partial charge in [-0.25, -0.2) is 4.79 Å². The molecule has 2 N–H and O–H groups in total. The molecule has 0 bridgehead atoms. The molecule has 0 aliphatic heterocycles. The summed E-state index contributed by atoms with van der Waals surface area (Å²) in [5.74, 6) is 0. The maximum Gasteiger partial charge on any atom is 0.407 e. The quantitative estimate of drug-likeness (QED) is 0.792. The molecule has 114 valence electrons. The minimum atomic E-state index is -0.475. The van der Waals surface area contributed by atoms with Crippen molar-refractivity contribution >= 4 is 27.7 Å². The number of nitriles is 1. The monoisotopic (exact) mass is 353 g/mol. The van der Waals surface area contributed by atoms with Crippen LogP contribution < -0.4 is 10.6 Å². The lowest BCUT2D eigenvalue weighted by Gasteiger charge is -2.19. The van der Waals surface area contributed by atoms with Crippen molar-refractivity contribution in [2.45, 2.75) is 32.8 Å². The number of carbonyl (C=O) groups excluding carboxylic acids is 1. The highest BCUT2D eigenvalue weighted by Gasteiger charge is 2.15. The number of carbonyl (C=O) groups is 1. The van der Waals surface area contributed by atoms with Crippen molar-refractivity contribution in [1.82, 2.24) is 5.32 Å². The fourth-order valence-electron chi connectivity index (χ4n) is 1.54. The maximum absolute atomic E-state index is 11.4. The average molecular weight is 354 g/mol. The third-order valence-electron chi connectivity index (χ3n) is 2.44. The SMILES string of the molecule is CC(C)(C)OC(=O)NCCCNc1ccc(C#N)c(Br)c1. The van der Waals surface area contributed by atoms with Crippen LogP contribution in [0.5, 0.6) is 0 Å². The van der Waals surface area contributed by atoms with E-state index in [0.717, 1.165) is 16.6 Å². The Bertz CT molecular complexity index is 533. The molecule has 1 aromatic carbocycles. The number of amides is 1. The highest BCUT2D eigenvalue weighted by atomic mass is 79.9. The van der Waals surface area contributed by atoms with E-state index in [9.17, 15) is 4.79 Å². The van der Waals surface area contributed by atoms with Crippen LogP contribution in [0.3, 0.4) is 0 Å². The van der Waals surface area contributed by atoms with Crippen molar-refractivity contribution < 1.29 is 9.53 Å². The second kappa shape index (κ2) is 7.89. The van der Waals surface area contributed by atoms with Crippen LogP contribution in [-0.2, 0) is 4.74 Å². The molecule has 0 radical (unpaired) electrons. The lowest BCUT2D eigenvalue weighted by Crippen LogP contribution is -2.33. The average Bonchev–Trinajstić information content (AvgIpc) is 2.36. The van der Waals surface area contributed by atoms with E-state index in [-0.39, 0.29) is 0 Å². The molecule has 0 saturated carbocycles. The first-order chi connectivity index (χ1) is 9.81. The van der Waals surface area contributed by atoms with Gasteiger partial charge in [-0.2, -0.15) is 5.26 Å². The Balaban J connectivity index is 2.25. The zero-order valence-electron chi connectivity index (χ0n) is 12.5. The van der Waals surface area contributed by atoms with Crippen LogP contribution >= 0.6 is 15.9 Å².